The number of hydrogen-bond acceptors (Lipinski definition) is 4. The summed E-state index contributed by atoms with van der Waals surface area (Å²) in [5.74, 6) is 0.855. The van der Waals surface area contributed by atoms with Crippen molar-refractivity contribution in [3.05, 3.63) is 53.9 Å². The smallest absolute Gasteiger partial charge is 0.260 e. The molecule has 0 spiro atoms. The third-order valence-corrected chi connectivity index (χ3v) is 3.28. The fraction of sp³-hybridized carbons (Fsp3) is 0.125. The monoisotopic (exact) mass is 297 g/mol. The van der Waals surface area contributed by atoms with Gasteiger partial charge in [-0.15, -0.1) is 0 Å². The van der Waals surface area contributed by atoms with Crippen LogP contribution in [0.4, 0.5) is 5.69 Å². The Balaban J connectivity index is 1.95. The van der Waals surface area contributed by atoms with Crippen molar-refractivity contribution < 1.29 is 13.9 Å². The van der Waals surface area contributed by atoms with Gasteiger partial charge in [0.2, 0.25) is 0 Å². The van der Waals surface area contributed by atoms with E-state index in [1.165, 1.54) is 0 Å². The van der Waals surface area contributed by atoms with Crippen LogP contribution in [0.5, 0.6) is 5.75 Å². The second kappa shape index (κ2) is 5.77. The lowest BCUT2D eigenvalue weighted by molar-refractivity contribution is 0.102. The number of ether oxygens (including phenoxy) is 1. The molecular formula is C16H15N3O3. The summed E-state index contributed by atoms with van der Waals surface area (Å²) in [6.45, 7) is 1.79. The van der Waals surface area contributed by atoms with Crippen molar-refractivity contribution in [1.29, 1.82) is 0 Å². The first-order chi connectivity index (χ1) is 10.7. The third kappa shape index (κ3) is 2.46. The van der Waals surface area contributed by atoms with Crippen molar-refractivity contribution in [2.45, 2.75) is 6.92 Å². The average Bonchev–Trinajstić information content (AvgIpc) is 3.16. The molecule has 6 heteroatoms. The van der Waals surface area contributed by atoms with Gasteiger partial charge >= 0.3 is 0 Å². The minimum absolute atomic E-state index is 0.276. The van der Waals surface area contributed by atoms with Crippen molar-refractivity contribution in [3.63, 3.8) is 0 Å². The number of H-pyrrole nitrogens is 1. The minimum Gasteiger partial charge on any atom is -0.495 e. The zero-order chi connectivity index (χ0) is 15.5. The number of para-hydroxylation sites is 2. The molecule has 6 nitrogen and oxygen atoms in total. The van der Waals surface area contributed by atoms with Crippen LogP contribution in [0.15, 0.2) is 47.1 Å². The first-order valence-corrected chi connectivity index (χ1v) is 6.74. The molecule has 2 aromatic heterocycles. The number of amides is 1. The maximum atomic E-state index is 12.6. The van der Waals surface area contributed by atoms with Crippen LogP contribution in [-0.2, 0) is 0 Å². The molecule has 2 heterocycles. The number of benzene rings is 1. The highest BCUT2D eigenvalue weighted by Gasteiger charge is 2.21. The number of carbonyl (C=O) groups excluding carboxylic acids is 1. The Hall–Kier alpha value is -3.02. The van der Waals surface area contributed by atoms with E-state index in [-0.39, 0.29) is 5.91 Å². The summed E-state index contributed by atoms with van der Waals surface area (Å²) in [7, 11) is 1.56. The standard InChI is InChI=1S/C16H15N3O3/c1-10-14(15(19-18-10)13-8-5-9-22-13)16(20)17-11-6-3-4-7-12(11)21-2/h3-9H,1-2H3,(H,17,20)(H,18,19). The normalized spacial score (nSPS) is 10.5. The number of carbonyl (C=O) groups is 1. The lowest BCUT2D eigenvalue weighted by Crippen LogP contribution is -2.14. The highest BCUT2D eigenvalue weighted by atomic mass is 16.5. The Kier molecular flexibility index (Phi) is 3.65. The topological polar surface area (TPSA) is 80.2 Å². The van der Waals surface area contributed by atoms with E-state index in [9.17, 15) is 4.79 Å². The van der Waals surface area contributed by atoms with Crippen LogP contribution < -0.4 is 10.1 Å². The average molecular weight is 297 g/mol. The summed E-state index contributed by atoms with van der Waals surface area (Å²) in [6, 6.07) is 10.7. The van der Waals surface area contributed by atoms with Gasteiger partial charge < -0.3 is 14.5 Å². The molecule has 1 aromatic carbocycles. The summed E-state index contributed by atoms with van der Waals surface area (Å²) in [4.78, 5) is 12.6. The van der Waals surface area contributed by atoms with E-state index in [4.69, 9.17) is 9.15 Å². The molecule has 3 rings (SSSR count). The fourth-order valence-electron chi connectivity index (χ4n) is 2.23. The van der Waals surface area contributed by atoms with Gasteiger partial charge in [-0.25, -0.2) is 0 Å². The van der Waals surface area contributed by atoms with Gasteiger partial charge in [0, 0.05) is 5.69 Å². The number of anilines is 1. The molecule has 0 fully saturated rings. The number of aromatic amines is 1. The van der Waals surface area contributed by atoms with E-state index in [2.05, 4.69) is 15.5 Å². The summed E-state index contributed by atoms with van der Waals surface area (Å²) >= 11 is 0. The van der Waals surface area contributed by atoms with E-state index >= 15 is 0 Å². The number of furan rings is 1. The van der Waals surface area contributed by atoms with E-state index in [1.54, 1.807) is 44.6 Å². The molecule has 2 N–H and O–H groups in total. The van der Waals surface area contributed by atoms with Crippen molar-refractivity contribution in [3.8, 4) is 17.2 Å². The van der Waals surface area contributed by atoms with Crippen molar-refractivity contribution >= 4 is 11.6 Å². The molecular weight excluding hydrogens is 282 g/mol. The largest absolute Gasteiger partial charge is 0.495 e. The van der Waals surface area contributed by atoms with Crippen LogP contribution >= 0.6 is 0 Å². The summed E-state index contributed by atoms with van der Waals surface area (Å²) in [5, 5.41) is 9.81. The number of aryl methyl sites for hydroxylation is 1. The third-order valence-electron chi connectivity index (χ3n) is 3.28. The quantitative estimate of drug-likeness (QED) is 0.774. The number of nitrogens with zero attached hydrogens (tertiary/aromatic N) is 1. The maximum absolute atomic E-state index is 12.6. The first kappa shape index (κ1) is 13.9. The number of methoxy groups -OCH3 is 1. The van der Waals surface area contributed by atoms with Gasteiger partial charge in [-0.05, 0) is 31.2 Å². The number of hydrogen-bond donors (Lipinski definition) is 2. The SMILES string of the molecule is COc1ccccc1NC(=O)c1c(-c2ccco2)n[nH]c1C. The van der Waals surface area contributed by atoms with Crippen LogP contribution in [0.3, 0.4) is 0 Å². The van der Waals surface area contributed by atoms with Gasteiger partial charge in [-0.1, -0.05) is 12.1 Å². The van der Waals surface area contributed by atoms with Crippen LogP contribution in [0.25, 0.3) is 11.5 Å². The lowest BCUT2D eigenvalue weighted by Gasteiger charge is -2.10. The predicted octanol–water partition coefficient (Wildman–Crippen LogP) is 3.24. The molecule has 0 bridgehead atoms. The van der Waals surface area contributed by atoms with Crippen molar-refractivity contribution in [2.24, 2.45) is 0 Å². The van der Waals surface area contributed by atoms with Gasteiger partial charge in [0.25, 0.3) is 5.91 Å². The Morgan fingerprint density at radius 2 is 2.09 bits per heavy atom. The Bertz CT molecular complexity index is 791. The van der Waals surface area contributed by atoms with E-state index < -0.39 is 0 Å². The van der Waals surface area contributed by atoms with Gasteiger partial charge in [0.1, 0.15) is 11.4 Å². The maximum Gasteiger partial charge on any atom is 0.260 e. The molecule has 0 aliphatic carbocycles. The van der Waals surface area contributed by atoms with E-state index in [1.807, 2.05) is 12.1 Å². The van der Waals surface area contributed by atoms with Gasteiger partial charge in [-0.2, -0.15) is 5.10 Å². The Morgan fingerprint density at radius 1 is 1.27 bits per heavy atom. The molecule has 0 aliphatic heterocycles. The molecule has 0 saturated carbocycles. The second-order valence-electron chi connectivity index (χ2n) is 4.70. The van der Waals surface area contributed by atoms with Gasteiger partial charge in [-0.3, -0.25) is 9.89 Å². The molecule has 0 unspecified atom stereocenters. The molecule has 1 amide bonds. The highest BCUT2D eigenvalue weighted by molar-refractivity contribution is 6.09. The fourth-order valence-corrected chi connectivity index (χ4v) is 2.23. The van der Waals surface area contributed by atoms with Crippen LogP contribution in [-0.4, -0.2) is 23.2 Å². The molecule has 3 aromatic rings. The molecule has 0 aliphatic rings. The van der Waals surface area contributed by atoms with Crippen LogP contribution in [0, 0.1) is 6.92 Å². The summed E-state index contributed by atoms with van der Waals surface area (Å²) in [5.41, 5.74) is 2.19. The molecule has 0 saturated heterocycles. The number of rotatable bonds is 4. The zero-order valence-electron chi connectivity index (χ0n) is 12.2. The van der Waals surface area contributed by atoms with E-state index in [0.717, 1.165) is 0 Å². The van der Waals surface area contributed by atoms with Crippen LogP contribution in [0.1, 0.15) is 16.1 Å². The highest BCUT2D eigenvalue weighted by Crippen LogP contribution is 2.27. The molecule has 22 heavy (non-hydrogen) atoms. The second-order valence-corrected chi connectivity index (χ2v) is 4.70. The van der Waals surface area contributed by atoms with Crippen molar-refractivity contribution in [1.82, 2.24) is 10.2 Å². The van der Waals surface area contributed by atoms with Gasteiger partial charge in [0.05, 0.1) is 24.6 Å². The van der Waals surface area contributed by atoms with E-state index in [0.29, 0.717) is 34.1 Å². The predicted molar refractivity (Wildman–Crippen MR) is 82.0 cm³/mol. The summed E-state index contributed by atoms with van der Waals surface area (Å²) < 4.78 is 10.6. The number of nitrogens with one attached hydrogen (secondary N) is 2. The molecule has 112 valence electrons. The lowest BCUT2D eigenvalue weighted by atomic mass is 10.1. The zero-order valence-corrected chi connectivity index (χ0v) is 12.2. The number of aromatic nitrogens is 2. The Morgan fingerprint density at radius 3 is 2.82 bits per heavy atom. The van der Waals surface area contributed by atoms with Crippen LogP contribution in [0.2, 0.25) is 0 Å². The van der Waals surface area contributed by atoms with Crippen molar-refractivity contribution in [2.75, 3.05) is 12.4 Å². The molecule has 0 radical (unpaired) electrons. The summed E-state index contributed by atoms with van der Waals surface area (Å²) in [6.07, 6.45) is 1.54. The minimum atomic E-state index is -0.276. The first-order valence-electron chi connectivity index (χ1n) is 6.74. The Labute approximate surface area is 127 Å². The molecule has 0 atom stereocenters. The van der Waals surface area contributed by atoms with Gasteiger partial charge in [0.15, 0.2) is 5.76 Å².